The minimum Gasteiger partial charge on any atom is -0.369 e. The van der Waals surface area contributed by atoms with E-state index in [0.29, 0.717) is 13.0 Å². The molecule has 0 heterocycles. The van der Waals surface area contributed by atoms with E-state index >= 15 is 0 Å². The number of carbonyl (C=O) groups excluding carboxylic acids is 1. The standard InChI is InChI=1S/C11H24N2O2/c1-5-9(7-8-12)13-10(14)11(3,6-2)15-4/h9H,5-8,12H2,1-4H3,(H,13,14). The average Bonchev–Trinajstić information content (AvgIpc) is 2.27. The Morgan fingerprint density at radius 2 is 2.13 bits per heavy atom. The second-order valence-electron chi connectivity index (χ2n) is 3.94. The molecular weight excluding hydrogens is 192 g/mol. The first-order valence-corrected chi connectivity index (χ1v) is 5.60. The summed E-state index contributed by atoms with van der Waals surface area (Å²) in [4.78, 5) is 11.9. The minimum atomic E-state index is -0.720. The summed E-state index contributed by atoms with van der Waals surface area (Å²) in [6.45, 7) is 6.37. The Morgan fingerprint density at radius 1 is 1.53 bits per heavy atom. The van der Waals surface area contributed by atoms with Crippen LogP contribution in [0, 0.1) is 0 Å². The van der Waals surface area contributed by atoms with Crippen LogP contribution in [0.2, 0.25) is 0 Å². The Bertz CT molecular complexity index is 191. The molecule has 2 unspecified atom stereocenters. The van der Waals surface area contributed by atoms with Gasteiger partial charge in [-0.1, -0.05) is 13.8 Å². The van der Waals surface area contributed by atoms with Crippen LogP contribution in [0.1, 0.15) is 40.0 Å². The number of carbonyl (C=O) groups is 1. The normalized spacial score (nSPS) is 16.9. The van der Waals surface area contributed by atoms with E-state index in [1.54, 1.807) is 14.0 Å². The number of amides is 1. The molecule has 0 aromatic carbocycles. The first-order valence-electron chi connectivity index (χ1n) is 5.60. The van der Waals surface area contributed by atoms with E-state index in [1.807, 2.05) is 13.8 Å². The van der Waals surface area contributed by atoms with Gasteiger partial charge in [0.2, 0.25) is 0 Å². The molecule has 15 heavy (non-hydrogen) atoms. The van der Waals surface area contributed by atoms with Crippen LogP contribution in [0.5, 0.6) is 0 Å². The molecule has 0 aliphatic rings. The van der Waals surface area contributed by atoms with Gasteiger partial charge in [-0.15, -0.1) is 0 Å². The Labute approximate surface area is 92.6 Å². The molecule has 90 valence electrons. The highest BCUT2D eigenvalue weighted by Crippen LogP contribution is 2.14. The van der Waals surface area contributed by atoms with Crippen LogP contribution in [0.3, 0.4) is 0 Å². The van der Waals surface area contributed by atoms with Gasteiger partial charge in [0, 0.05) is 13.2 Å². The van der Waals surface area contributed by atoms with Gasteiger partial charge >= 0.3 is 0 Å². The highest BCUT2D eigenvalue weighted by molar-refractivity contribution is 5.84. The topological polar surface area (TPSA) is 64.3 Å². The second-order valence-corrected chi connectivity index (χ2v) is 3.94. The molecule has 0 bridgehead atoms. The number of methoxy groups -OCH3 is 1. The fraction of sp³-hybridized carbons (Fsp3) is 0.909. The Morgan fingerprint density at radius 3 is 2.47 bits per heavy atom. The third kappa shape index (κ3) is 4.18. The molecule has 0 aromatic rings. The summed E-state index contributed by atoms with van der Waals surface area (Å²) >= 11 is 0. The third-order valence-electron chi connectivity index (χ3n) is 2.95. The molecule has 0 aromatic heterocycles. The van der Waals surface area contributed by atoms with Crippen molar-refractivity contribution in [3.63, 3.8) is 0 Å². The molecule has 0 fully saturated rings. The fourth-order valence-corrected chi connectivity index (χ4v) is 1.32. The van der Waals surface area contributed by atoms with Crippen molar-refractivity contribution in [2.75, 3.05) is 13.7 Å². The number of hydrogen-bond acceptors (Lipinski definition) is 3. The van der Waals surface area contributed by atoms with Gasteiger partial charge in [-0.25, -0.2) is 0 Å². The fourth-order valence-electron chi connectivity index (χ4n) is 1.32. The first-order chi connectivity index (χ1) is 7.03. The third-order valence-corrected chi connectivity index (χ3v) is 2.95. The summed E-state index contributed by atoms with van der Waals surface area (Å²) < 4.78 is 5.23. The number of ether oxygens (including phenoxy) is 1. The van der Waals surface area contributed by atoms with Crippen molar-refractivity contribution in [2.24, 2.45) is 5.73 Å². The van der Waals surface area contributed by atoms with Crippen molar-refractivity contribution in [2.45, 2.75) is 51.7 Å². The summed E-state index contributed by atoms with van der Waals surface area (Å²) in [5, 5.41) is 2.97. The molecule has 0 aliphatic heterocycles. The monoisotopic (exact) mass is 216 g/mol. The molecule has 2 atom stereocenters. The van der Waals surface area contributed by atoms with Crippen LogP contribution in [0.25, 0.3) is 0 Å². The van der Waals surface area contributed by atoms with Crippen molar-refractivity contribution in [1.29, 1.82) is 0 Å². The van der Waals surface area contributed by atoms with Crippen molar-refractivity contribution < 1.29 is 9.53 Å². The summed E-state index contributed by atoms with van der Waals surface area (Å²) in [5.74, 6) is -0.0483. The molecule has 0 saturated heterocycles. The van der Waals surface area contributed by atoms with Crippen LogP contribution in [0.4, 0.5) is 0 Å². The van der Waals surface area contributed by atoms with E-state index in [0.717, 1.165) is 12.8 Å². The van der Waals surface area contributed by atoms with Crippen LogP contribution in [-0.2, 0) is 9.53 Å². The van der Waals surface area contributed by atoms with Crippen LogP contribution >= 0.6 is 0 Å². The molecule has 4 heteroatoms. The lowest BCUT2D eigenvalue weighted by atomic mass is 10.0. The summed E-state index contributed by atoms with van der Waals surface area (Å²) in [7, 11) is 1.56. The highest BCUT2D eigenvalue weighted by atomic mass is 16.5. The van der Waals surface area contributed by atoms with Crippen LogP contribution in [0.15, 0.2) is 0 Å². The number of hydrogen-bond donors (Lipinski definition) is 2. The summed E-state index contributed by atoms with van der Waals surface area (Å²) in [5.41, 5.74) is 4.75. The minimum absolute atomic E-state index is 0.0483. The molecule has 3 N–H and O–H groups in total. The van der Waals surface area contributed by atoms with Gasteiger partial charge in [0.25, 0.3) is 5.91 Å². The van der Waals surface area contributed by atoms with Crippen molar-refractivity contribution in [3.8, 4) is 0 Å². The van der Waals surface area contributed by atoms with Crippen molar-refractivity contribution in [1.82, 2.24) is 5.32 Å². The quantitative estimate of drug-likeness (QED) is 0.668. The van der Waals surface area contributed by atoms with E-state index < -0.39 is 5.60 Å². The molecular formula is C11H24N2O2. The van der Waals surface area contributed by atoms with Gasteiger partial charge in [-0.2, -0.15) is 0 Å². The largest absolute Gasteiger partial charge is 0.369 e. The van der Waals surface area contributed by atoms with E-state index in [-0.39, 0.29) is 11.9 Å². The van der Waals surface area contributed by atoms with E-state index in [9.17, 15) is 4.79 Å². The lowest BCUT2D eigenvalue weighted by Crippen LogP contribution is -2.49. The van der Waals surface area contributed by atoms with E-state index in [4.69, 9.17) is 10.5 Å². The van der Waals surface area contributed by atoms with Gasteiger partial charge in [-0.3, -0.25) is 4.79 Å². The van der Waals surface area contributed by atoms with Crippen LogP contribution in [-0.4, -0.2) is 31.2 Å². The summed E-state index contributed by atoms with van der Waals surface area (Å²) in [6.07, 6.45) is 2.37. The summed E-state index contributed by atoms with van der Waals surface area (Å²) in [6, 6.07) is 0.156. The van der Waals surface area contributed by atoms with Gasteiger partial charge < -0.3 is 15.8 Å². The second kappa shape index (κ2) is 6.80. The molecule has 0 spiro atoms. The molecule has 4 nitrogen and oxygen atoms in total. The molecule has 0 aliphatic carbocycles. The number of nitrogens with one attached hydrogen (secondary N) is 1. The van der Waals surface area contributed by atoms with Gasteiger partial charge in [0.05, 0.1) is 0 Å². The van der Waals surface area contributed by atoms with Gasteiger partial charge in [0.1, 0.15) is 5.60 Å². The van der Waals surface area contributed by atoms with Gasteiger partial charge in [-0.05, 0) is 32.7 Å². The maximum atomic E-state index is 11.9. The van der Waals surface area contributed by atoms with Crippen molar-refractivity contribution >= 4 is 5.91 Å². The average molecular weight is 216 g/mol. The lowest BCUT2D eigenvalue weighted by molar-refractivity contribution is -0.142. The highest BCUT2D eigenvalue weighted by Gasteiger charge is 2.31. The van der Waals surface area contributed by atoms with Crippen LogP contribution < -0.4 is 11.1 Å². The molecule has 0 rings (SSSR count). The lowest BCUT2D eigenvalue weighted by Gasteiger charge is -2.28. The number of nitrogens with two attached hydrogens (primary N) is 1. The maximum Gasteiger partial charge on any atom is 0.252 e. The zero-order valence-corrected chi connectivity index (χ0v) is 10.3. The smallest absolute Gasteiger partial charge is 0.252 e. The Kier molecular flexibility index (Phi) is 6.52. The Hall–Kier alpha value is -0.610. The zero-order valence-electron chi connectivity index (χ0n) is 10.3. The SMILES string of the molecule is CCC(CCN)NC(=O)C(C)(CC)OC. The zero-order chi connectivity index (χ0) is 11.9. The number of rotatable bonds is 7. The maximum absolute atomic E-state index is 11.9. The van der Waals surface area contributed by atoms with E-state index in [2.05, 4.69) is 5.32 Å². The molecule has 0 radical (unpaired) electrons. The Balaban J connectivity index is 4.31. The van der Waals surface area contributed by atoms with E-state index in [1.165, 1.54) is 0 Å². The molecule has 1 amide bonds. The van der Waals surface area contributed by atoms with Gasteiger partial charge in [0.15, 0.2) is 0 Å². The molecule has 0 saturated carbocycles. The predicted octanol–water partition coefficient (Wildman–Crippen LogP) is 1.05. The predicted molar refractivity (Wildman–Crippen MR) is 61.6 cm³/mol. The first kappa shape index (κ1) is 14.4. The van der Waals surface area contributed by atoms with Crippen molar-refractivity contribution in [3.05, 3.63) is 0 Å².